The van der Waals surface area contributed by atoms with Gasteiger partial charge in [-0.3, -0.25) is 9.69 Å². The Bertz CT molecular complexity index is 619. The Morgan fingerprint density at radius 2 is 1.71 bits per heavy atom. The molecule has 3 fully saturated rings. The number of rotatable bonds is 3. The fourth-order valence-electron chi connectivity index (χ4n) is 3.80. The van der Waals surface area contributed by atoms with Gasteiger partial charge in [0.15, 0.2) is 0 Å². The highest BCUT2D eigenvalue weighted by Crippen LogP contribution is 2.36. The molecule has 3 rings (SSSR count). The lowest BCUT2D eigenvalue weighted by Gasteiger charge is -2.36. The summed E-state index contributed by atoms with van der Waals surface area (Å²) in [6.07, 6.45) is 4.52. The van der Waals surface area contributed by atoms with Crippen LogP contribution in [-0.2, 0) is 14.8 Å². The molecule has 0 bridgehead atoms. The fraction of sp³-hybridized carbons (Fsp3) is 0.867. The summed E-state index contributed by atoms with van der Waals surface area (Å²) in [5, 5.41) is 2.92. The second-order valence-corrected chi connectivity index (χ2v) is 9.33. The third-order valence-corrected chi connectivity index (χ3v) is 6.82. The Morgan fingerprint density at radius 3 is 2.25 bits per heavy atom. The van der Waals surface area contributed by atoms with Crippen LogP contribution in [0.3, 0.4) is 0 Å². The summed E-state index contributed by atoms with van der Waals surface area (Å²) < 4.78 is 24.5. The van der Waals surface area contributed by atoms with Gasteiger partial charge in [-0.25, -0.2) is 18.1 Å². The average Bonchev–Trinajstić information content (AvgIpc) is 2.75. The zero-order valence-electron chi connectivity index (χ0n) is 14.3. The van der Waals surface area contributed by atoms with Crippen molar-refractivity contribution in [3.63, 3.8) is 0 Å². The van der Waals surface area contributed by atoms with Crippen molar-refractivity contribution >= 4 is 22.0 Å². The van der Waals surface area contributed by atoms with E-state index < -0.39 is 15.6 Å². The molecule has 3 aliphatic rings. The second-order valence-electron chi connectivity index (χ2n) is 7.35. The van der Waals surface area contributed by atoms with E-state index in [-0.39, 0.29) is 18.6 Å². The Morgan fingerprint density at radius 1 is 1.12 bits per heavy atom. The van der Waals surface area contributed by atoms with Crippen LogP contribution >= 0.6 is 0 Å². The van der Waals surface area contributed by atoms with E-state index in [1.54, 1.807) is 0 Å². The van der Waals surface area contributed by atoms with Crippen LogP contribution in [0.4, 0.5) is 4.79 Å². The zero-order valence-corrected chi connectivity index (χ0v) is 15.1. The van der Waals surface area contributed by atoms with E-state index in [0.717, 1.165) is 12.8 Å². The molecule has 0 aromatic rings. The Balaban J connectivity index is 1.60. The molecule has 1 N–H and O–H groups in total. The number of sulfonamides is 1. The number of amides is 3. The highest BCUT2D eigenvalue weighted by molar-refractivity contribution is 7.88. The molecule has 2 aliphatic heterocycles. The first-order valence-electron chi connectivity index (χ1n) is 8.53. The van der Waals surface area contributed by atoms with Crippen LogP contribution < -0.4 is 5.32 Å². The summed E-state index contributed by atoms with van der Waals surface area (Å²) >= 11 is 0. The van der Waals surface area contributed by atoms with Gasteiger partial charge in [-0.2, -0.15) is 4.31 Å². The van der Waals surface area contributed by atoms with E-state index in [2.05, 4.69) is 12.2 Å². The molecular weight excluding hydrogens is 332 g/mol. The van der Waals surface area contributed by atoms with E-state index in [4.69, 9.17) is 0 Å². The van der Waals surface area contributed by atoms with Gasteiger partial charge in [0, 0.05) is 26.2 Å². The maximum atomic E-state index is 12.8. The molecule has 0 aromatic carbocycles. The van der Waals surface area contributed by atoms with Crippen LogP contribution in [0.1, 0.15) is 32.6 Å². The van der Waals surface area contributed by atoms with Gasteiger partial charge in [0.2, 0.25) is 10.0 Å². The molecule has 136 valence electrons. The first kappa shape index (κ1) is 17.6. The molecule has 0 radical (unpaired) electrons. The number of piperazine rings is 1. The van der Waals surface area contributed by atoms with Gasteiger partial charge in [-0.1, -0.05) is 6.92 Å². The van der Waals surface area contributed by atoms with E-state index in [1.165, 1.54) is 15.5 Å². The minimum atomic E-state index is -3.18. The average molecular weight is 358 g/mol. The maximum absolute atomic E-state index is 12.8. The van der Waals surface area contributed by atoms with Crippen molar-refractivity contribution < 1.29 is 18.0 Å². The zero-order chi connectivity index (χ0) is 17.5. The van der Waals surface area contributed by atoms with Crippen LogP contribution in [0.2, 0.25) is 0 Å². The summed E-state index contributed by atoms with van der Waals surface area (Å²) in [6.45, 7) is 4.24. The van der Waals surface area contributed by atoms with E-state index >= 15 is 0 Å². The quantitative estimate of drug-likeness (QED) is 0.719. The third-order valence-electron chi connectivity index (χ3n) is 5.52. The molecule has 0 aromatic heterocycles. The van der Waals surface area contributed by atoms with Crippen molar-refractivity contribution in [2.24, 2.45) is 5.92 Å². The molecule has 1 spiro atoms. The lowest BCUT2D eigenvalue weighted by atomic mass is 9.77. The van der Waals surface area contributed by atoms with Crippen LogP contribution in [-0.4, -0.2) is 79.1 Å². The number of nitrogens with zero attached hydrogens (tertiary/aromatic N) is 3. The third kappa shape index (κ3) is 3.29. The molecule has 2 saturated heterocycles. The van der Waals surface area contributed by atoms with Crippen molar-refractivity contribution in [2.75, 3.05) is 39.1 Å². The lowest BCUT2D eigenvalue weighted by Crippen LogP contribution is -2.53. The Hall–Kier alpha value is -1.19. The molecule has 2 heterocycles. The molecule has 0 unspecified atom stereocenters. The normalized spacial score (nSPS) is 33.2. The van der Waals surface area contributed by atoms with E-state index in [9.17, 15) is 18.0 Å². The van der Waals surface area contributed by atoms with Gasteiger partial charge < -0.3 is 5.32 Å². The lowest BCUT2D eigenvalue weighted by molar-refractivity contribution is -0.134. The standard InChI is InChI=1S/C15H26N4O4S/c1-12-3-5-15(6-4-12)13(20)19(14(21)16-15)11-17-7-9-18(10-8-17)24(2,22)23/h12H,3-11H2,1-2H3,(H,16,21). The van der Waals surface area contributed by atoms with E-state index in [1.807, 2.05) is 4.90 Å². The van der Waals surface area contributed by atoms with Crippen LogP contribution in [0, 0.1) is 5.92 Å². The van der Waals surface area contributed by atoms with E-state index in [0.29, 0.717) is 44.9 Å². The molecular formula is C15H26N4O4S. The second kappa shape index (κ2) is 6.27. The fourth-order valence-corrected chi connectivity index (χ4v) is 4.63. The van der Waals surface area contributed by atoms with Gasteiger partial charge in [-0.15, -0.1) is 0 Å². The number of nitrogens with one attached hydrogen (secondary N) is 1. The predicted molar refractivity (Wildman–Crippen MR) is 88.6 cm³/mol. The minimum Gasteiger partial charge on any atom is -0.323 e. The number of hydrogen-bond donors (Lipinski definition) is 1. The number of hydrogen-bond acceptors (Lipinski definition) is 5. The molecule has 8 nitrogen and oxygen atoms in total. The number of urea groups is 1. The summed E-state index contributed by atoms with van der Waals surface area (Å²) in [5.41, 5.74) is -0.710. The predicted octanol–water partition coefficient (Wildman–Crippen LogP) is 0.0218. The van der Waals surface area contributed by atoms with Gasteiger partial charge in [0.1, 0.15) is 5.54 Å². The number of carbonyl (C=O) groups excluding carboxylic acids is 2. The summed E-state index contributed by atoms with van der Waals surface area (Å²) in [7, 11) is -3.18. The van der Waals surface area contributed by atoms with Crippen LogP contribution in [0.5, 0.6) is 0 Å². The van der Waals surface area contributed by atoms with Crippen molar-refractivity contribution in [3.05, 3.63) is 0 Å². The van der Waals surface area contributed by atoms with Crippen molar-refractivity contribution in [1.82, 2.24) is 19.4 Å². The Labute approximate surface area is 143 Å². The first-order chi connectivity index (χ1) is 11.2. The van der Waals surface area contributed by atoms with Gasteiger partial charge in [0.25, 0.3) is 5.91 Å². The summed E-state index contributed by atoms with van der Waals surface area (Å²) in [6, 6.07) is -0.319. The minimum absolute atomic E-state index is 0.120. The molecule has 0 atom stereocenters. The largest absolute Gasteiger partial charge is 0.326 e. The maximum Gasteiger partial charge on any atom is 0.326 e. The van der Waals surface area contributed by atoms with Crippen LogP contribution in [0.25, 0.3) is 0 Å². The van der Waals surface area contributed by atoms with Crippen molar-refractivity contribution in [3.8, 4) is 0 Å². The topological polar surface area (TPSA) is 90.0 Å². The molecule has 1 saturated carbocycles. The molecule has 3 amide bonds. The Kier molecular flexibility index (Phi) is 4.61. The highest BCUT2D eigenvalue weighted by Gasteiger charge is 2.52. The SMILES string of the molecule is CC1CCC2(CC1)NC(=O)N(CN1CCN(S(C)(=O)=O)CC1)C2=O. The number of imide groups is 1. The van der Waals surface area contributed by atoms with Crippen molar-refractivity contribution in [2.45, 2.75) is 38.1 Å². The van der Waals surface area contributed by atoms with Crippen molar-refractivity contribution in [1.29, 1.82) is 0 Å². The van der Waals surface area contributed by atoms with Gasteiger partial charge >= 0.3 is 6.03 Å². The monoisotopic (exact) mass is 358 g/mol. The highest BCUT2D eigenvalue weighted by atomic mass is 32.2. The molecule has 9 heteroatoms. The first-order valence-corrected chi connectivity index (χ1v) is 10.4. The smallest absolute Gasteiger partial charge is 0.323 e. The molecule has 1 aliphatic carbocycles. The van der Waals surface area contributed by atoms with Crippen LogP contribution in [0.15, 0.2) is 0 Å². The molecule has 24 heavy (non-hydrogen) atoms. The van der Waals surface area contributed by atoms with Gasteiger partial charge in [-0.05, 0) is 31.6 Å². The summed E-state index contributed by atoms with van der Waals surface area (Å²) in [5.74, 6) is 0.475. The van der Waals surface area contributed by atoms with Gasteiger partial charge in [0.05, 0.1) is 12.9 Å². The number of carbonyl (C=O) groups is 2. The summed E-state index contributed by atoms with van der Waals surface area (Å²) in [4.78, 5) is 28.4.